The lowest BCUT2D eigenvalue weighted by molar-refractivity contribution is -0.0379. The summed E-state index contributed by atoms with van der Waals surface area (Å²) in [7, 11) is 0. The highest BCUT2D eigenvalue weighted by Crippen LogP contribution is 2.39. The first-order chi connectivity index (χ1) is 11.9. The summed E-state index contributed by atoms with van der Waals surface area (Å²) < 4.78 is 7.87. The molecule has 0 bridgehead atoms. The molecule has 1 aliphatic rings. The second-order valence-corrected chi connectivity index (χ2v) is 8.61. The highest BCUT2D eigenvalue weighted by Gasteiger charge is 2.31. The van der Waals surface area contributed by atoms with Gasteiger partial charge in [-0.2, -0.15) is 4.52 Å². The van der Waals surface area contributed by atoms with Crippen LogP contribution >= 0.6 is 11.3 Å². The Morgan fingerprint density at radius 2 is 2.16 bits per heavy atom. The van der Waals surface area contributed by atoms with Crippen LogP contribution in [0, 0.1) is 6.92 Å². The van der Waals surface area contributed by atoms with Crippen LogP contribution in [0.3, 0.4) is 0 Å². The van der Waals surface area contributed by atoms with Gasteiger partial charge < -0.3 is 10.1 Å². The van der Waals surface area contributed by atoms with E-state index in [9.17, 15) is 0 Å². The van der Waals surface area contributed by atoms with Crippen LogP contribution in [0.5, 0.6) is 0 Å². The van der Waals surface area contributed by atoms with E-state index in [4.69, 9.17) is 14.7 Å². The number of thiophene rings is 1. The Labute approximate surface area is 151 Å². The van der Waals surface area contributed by atoms with Gasteiger partial charge in [0.1, 0.15) is 10.7 Å². The number of ether oxygens (including phenoxy) is 1. The summed E-state index contributed by atoms with van der Waals surface area (Å²) in [4.78, 5) is 12.0. The molecule has 6 nitrogen and oxygen atoms in total. The van der Waals surface area contributed by atoms with Crippen LogP contribution in [-0.2, 0) is 24.3 Å². The van der Waals surface area contributed by atoms with E-state index >= 15 is 0 Å². The van der Waals surface area contributed by atoms with Gasteiger partial charge >= 0.3 is 0 Å². The Balaban J connectivity index is 1.84. The quantitative estimate of drug-likeness (QED) is 0.773. The molecule has 3 aromatic heterocycles. The Kier molecular flexibility index (Phi) is 4.05. The Morgan fingerprint density at radius 3 is 2.92 bits per heavy atom. The maximum atomic E-state index is 5.98. The number of nitrogens with zero attached hydrogens (tertiary/aromatic N) is 4. The minimum atomic E-state index is -0.149. The van der Waals surface area contributed by atoms with Gasteiger partial charge in [-0.3, -0.25) is 0 Å². The standard InChI is InChI=1S/C18H25N5OS/c1-6-10(2)19-8-14-21-16-15-12-7-18(4,5)24-9-13(12)25-17(15)20-11(3)23(16)22-14/h10,19H,6-9H2,1-5H3/t10-/m0/s1. The summed E-state index contributed by atoms with van der Waals surface area (Å²) in [5.41, 5.74) is 2.12. The van der Waals surface area contributed by atoms with E-state index in [-0.39, 0.29) is 5.60 Å². The molecule has 1 aliphatic heterocycles. The highest BCUT2D eigenvalue weighted by atomic mass is 32.1. The SMILES string of the molecule is CC[C@H](C)NCc1nc2c3c4c(sc3nc(C)n2n1)COC(C)(C)C4. The van der Waals surface area contributed by atoms with E-state index in [1.807, 2.05) is 11.4 Å². The molecule has 0 fully saturated rings. The number of hydrogen-bond donors (Lipinski definition) is 1. The molecule has 0 unspecified atom stereocenters. The van der Waals surface area contributed by atoms with Crippen molar-refractivity contribution in [2.45, 2.75) is 72.3 Å². The average molecular weight is 359 g/mol. The molecule has 3 aromatic rings. The van der Waals surface area contributed by atoms with Gasteiger partial charge in [0.2, 0.25) is 0 Å². The predicted molar refractivity (Wildman–Crippen MR) is 100 cm³/mol. The molecule has 0 saturated carbocycles. The molecule has 134 valence electrons. The zero-order chi connectivity index (χ0) is 17.8. The fourth-order valence-electron chi connectivity index (χ4n) is 3.27. The average Bonchev–Trinajstić information content (AvgIpc) is 3.12. The van der Waals surface area contributed by atoms with Crippen LogP contribution in [0.2, 0.25) is 0 Å². The summed E-state index contributed by atoms with van der Waals surface area (Å²) in [5, 5.41) is 9.31. The van der Waals surface area contributed by atoms with Gasteiger partial charge in [0, 0.05) is 17.3 Å². The molecule has 0 aliphatic carbocycles. The Bertz CT molecular complexity index is 942. The molecule has 0 spiro atoms. The fraction of sp³-hybridized carbons (Fsp3) is 0.611. The van der Waals surface area contributed by atoms with Gasteiger partial charge in [-0.05, 0) is 39.7 Å². The second-order valence-electron chi connectivity index (χ2n) is 7.52. The highest BCUT2D eigenvalue weighted by molar-refractivity contribution is 7.19. The van der Waals surface area contributed by atoms with Gasteiger partial charge in [0.15, 0.2) is 11.5 Å². The van der Waals surface area contributed by atoms with E-state index < -0.39 is 0 Å². The van der Waals surface area contributed by atoms with Crippen molar-refractivity contribution in [2.24, 2.45) is 0 Å². The van der Waals surface area contributed by atoms with Crippen LogP contribution in [0.4, 0.5) is 0 Å². The zero-order valence-electron chi connectivity index (χ0n) is 15.5. The summed E-state index contributed by atoms with van der Waals surface area (Å²) in [5.74, 6) is 1.70. The molecule has 1 atom stereocenters. The van der Waals surface area contributed by atoms with E-state index in [1.165, 1.54) is 10.4 Å². The maximum absolute atomic E-state index is 5.98. The molecular weight excluding hydrogens is 334 g/mol. The minimum absolute atomic E-state index is 0.149. The van der Waals surface area contributed by atoms with E-state index in [0.717, 1.165) is 40.4 Å². The number of hydrogen-bond acceptors (Lipinski definition) is 6. The number of fused-ring (bicyclic) bond motifs is 5. The zero-order valence-corrected chi connectivity index (χ0v) is 16.3. The molecule has 0 radical (unpaired) electrons. The topological polar surface area (TPSA) is 64.3 Å². The smallest absolute Gasteiger partial charge is 0.168 e. The van der Waals surface area contributed by atoms with Crippen molar-refractivity contribution in [3.63, 3.8) is 0 Å². The number of aromatic nitrogens is 4. The van der Waals surface area contributed by atoms with Crippen molar-refractivity contribution in [3.05, 3.63) is 22.1 Å². The predicted octanol–water partition coefficient (Wildman–Crippen LogP) is 3.39. The Hall–Kier alpha value is -1.57. The van der Waals surface area contributed by atoms with Gasteiger partial charge in [-0.25, -0.2) is 9.97 Å². The Morgan fingerprint density at radius 1 is 1.36 bits per heavy atom. The summed E-state index contributed by atoms with van der Waals surface area (Å²) in [6, 6.07) is 0.456. The van der Waals surface area contributed by atoms with Crippen LogP contribution in [-0.4, -0.2) is 31.2 Å². The van der Waals surface area contributed by atoms with Crippen LogP contribution in [0.25, 0.3) is 15.9 Å². The minimum Gasteiger partial charge on any atom is -0.370 e. The molecule has 25 heavy (non-hydrogen) atoms. The van der Waals surface area contributed by atoms with Gasteiger partial charge in [-0.15, -0.1) is 16.4 Å². The molecule has 7 heteroatoms. The van der Waals surface area contributed by atoms with Crippen LogP contribution in [0.15, 0.2) is 0 Å². The molecule has 1 N–H and O–H groups in total. The molecule has 4 heterocycles. The summed E-state index contributed by atoms with van der Waals surface area (Å²) in [6.07, 6.45) is 1.97. The van der Waals surface area contributed by atoms with Gasteiger partial charge in [-0.1, -0.05) is 6.92 Å². The third kappa shape index (κ3) is 2.94. The lowest BCUT2D eigenvalue weighted by atomic mass is 9.94. The fourth-order valence-corrected chi connectivity index (χ4v) is 4.41. The third-order valence-electron chi connectivity index (χ3n) is 4.93. The first-order valence-electron chi connectivity index (χ1n) is 8.92. The van der Waals surface area contributed by atoms with Crippen molar-refractivity contribution in [2.75, 3.05) is 0 Å². The lowest BCUT2D eigenvalue weighted by Crippen LogP contribution is -2.31. The van der Waals surface area contributed by atoms with Crippen LogP contribution < -0.4 is 5.32 Å². The summed E-state index contributed by atoms with van der Waals surface area (Å²) in [6.45, 7) is 12.0. The van der Waals surface area contributed by atoms with Gasteiger partial charge in [0.25, 0.3) is 0 Å². The maximum Gasteiger partial charge on any atom is 0.168 e. The van der Waals surface area contributed by atoms with E-state index in [0.29, 0.717) is 19.2 Å². The van der Waals surface area contributed by atoms with Crippen molar-refractivity contribution in [1.82, 2.24) is 24.9 Å². The van der Waals surface area contributed by atoms with Crippen LogP contribution in [0.1, 0.15) is 56.2 Å². The summed E-state index contributed by atoms with van der Waals surface area (Å²) >= 11 is 1.73. The number of nitrogens with one attached hydrogen (secondary N) is 1. The van der Waals surface area contributed by atoms with Crippen molar-refractivity contribution >= 4 is 27.2 Å². The monoisotopic (exact) mass is 359 g/mol. The number of rotatable bonds is 4. The van der Waals surface area contributed by atoms with Gasteiger partial charge in [0.05, 0.1) is 24.1 Å². The molecule has 0 aromatic carbocycles. The molecule has 0 saturated heterocycles. The first kappa shape index (κ1) is 16.9. The molecule has 4 rings (SSSR count). The first-order valence-corrected chi connectivity index (χ1v) is 9.73. The lowest BCUT2D eigenvalue weighted by Gasteiger charge is -2.30. The second kappa shape index (κ2) is 6.00. The van der Waals surface area contributed by atoms with E-state index in [2.05, 4.69) is 38.1 Å². The van der Waals surface area contributed by atoms with Crippen molar-refractivity contribution in [3.8, 4) is 0 Å². The van der Waals surface area contributed by atoms with Crippen molar-refractivity contribution < 1.29 is 4.74 Å². The third-order valence-corrected chi connectivity index (χ3v) is 6.03. The molecular formula is C18H25N5OS. The molecule has 0 amide bonds. The van der Waals surface area contributed by atoms with E-state index in [1.54, 1.807) is 11.3 Å². The largest absolute Gasteiger partial charge is 0.370 e. The number of aryl methyl sites for hydroxylation is 1. The normalized spacial score (nSPS) is 18.0. The van der Waals surface area contributed by atoms with Crippen molar-refractivity contribution in [1.29, 1.82) is 0 Å².